The van der Waals surface area contributed by atoms with Gasteiger partial charge in [-0.15, -0.1) is 0 Å². The van der Waals surface area contributed by atoms with Crippen LogP contribution in [0.1, 0.15) is 25.5 Å². The third kappa shape index (κ3) is 5.20. The van der Waals surface area contributed by atoms with Gasteiger partial charge < -0.3 is 20.1 Å². The van der Waals surface area contributed by atoms with E-state index < -0.39 is 0 Å². The molecule has 0 saturated carbocycles. The first-order valence-corrected chi connectivity index (χ1v) is 8.55. The molecule has 0 aliphatic heterocycles. The number of benzene rings is 2. The number of carbonyl (C=O) groups is 1. The zero-order chi connectivity index (χ0) is 19.1. The van der Waals surface area contributed by atoms with Gasteiger partial charge in [0.05, 0.1) is 19.9 Å². The quantitative estimate of drug-likeness (QED) is 0.760. The zero-order valence-corrected chi connectivity index (χ0v) is 15.6. The number of hydrogen-bond donors (Lipinski definition) is 2. The second-order valence-corrected chi connectivity index (χ2v) is 6.38. The molecular weight excluding hydrogens is 335 g/mol. The number of halogens is 1. The summed E-state index contributed by atoms with van der Waals surface area (Å²) < 4.78 is 23.6. The van der Waals surface area contributed by atoms with Crippen molar-refractivity contribution in [1.82, 2.24) is 0 Å². The largest absolute Gasteiger partial charge is 0.497 e. The zero-order valence-electron chi connectivity index (χ0n) is 15.6. The number of carbonyl (C=O) groups excluding carboxylic acids is 1. The normalized spacial score (nSPS) is 11.9. The maximum absolute atomic E-state index is 13.1. The predicted molar refractivity (Wildman–Crippen MR) is 98.9 cm³/mol. The van der Waals surface area contributed by atoms with Crippen LogP contribution in [0.5, 0.6) is 11.5 Å². The van der Waals surface area contributed by atoms with E-state index in [0.29, 0.717) is 23.1 Å². The average Bonchev–Trinajstić information content (AvgIpc) is 2.63. The number of methoxy groups -OCH3 is 2. The van der Waals surface area contributed by atoms with E-state index in [1.54, 1.807) is 44.6 Å². The molecule has 2 aromatic rings. The highest BCUT2D eigenvalue weighted by Gasteiger charge is 2.21. The van der Waals surface area contributed by atoms with Crippen molar-refractivity contribution in [1.29, 1.82) is 0 Å². The van der Waals surface area contributed by atoms with Crippen LogP contribution in [0.25, 0.3) is 0 Å². The third-order valence-electron chi connectivity index (χ3n) is 4.21. The molecular formula is C20H26FN2O3+. The van der Waals surface area contributed by atoms with E-state index in [9.17, 15) is 9.18 Å². The van der Waals surface area contributed by atoms with Crippen molar-refractivity contribution in [2.75, 3.05) is 26.1 Å². The van der Waals surface area contributed by atoms with Crippen LogP contribution in [0.2, 0.25) is 0 Å². The van der Waals surface area contributed by atoms with E-state index in [1.165, 1.54) is 12.1 Å². The third-order valence-corrected chi connectivity index (χ3v) is 4.21. The Morgan fingerprint density at radius 1 is 1.12 bits per heavy atom. The molecule has 0 fully saturated rings. The molecule has 0 unspecified atom stereocenters. The predicted octanol–water partition coefficient (Wildman–Crippen LogP) is 2.74. The van der Waals surface area contributed by atoms with Gasteiger partial charge in [-0.2, -0.15) is 0 Å². The van der Waals surface area contributed by atoms with Crippen LogP contribution in [-0.2, 0) is 4.79 Å². The minimum Gasteiger partial charge on any atom is -0.497 e. The fourth-order valence-corrected chi connectivity index (χ4v) is 2.83. The van der Waals surface area contributed by atoms with Crippen LogP contribution in [-0.4, -0.2) is 26.7 Å². The molecule has 5 nitrogen and oxygen atoms in total. The fourth-order valence-electron chi connectivity index (χ4n) is 2.83. The fraction of sp³-hybridized carbons (Fsp3) is 0.350. The minimum atomic E-state index is -0.265. The summed E-state index contributed by atoms with van der Waals surface area (Å²) in [7, 11) is 3.12. The van der Waals surface area contributed by atoms with Crippen LogP contribution in [0.15, 0.2) is 42.5 Å². The van der Waals surface area contributed by atoms with E-state index in [4.69, 9.17) is 9.47 Å². The van der Waals surface area contributed by atoms with Crippen LogP contribution in [0.3, 0.4) is 0 Å². The number of ether oxygens (including phenoxy) is 2. The Bertz CT molecular complexity index is 732. The highest BCUT2D eigenvalue weighted by Crippen LogP contribution is 2.28. The lowest BCUT2D eigenvalue weighted by Gasteiger charge is -2.19. The number of nitrogens with one attached hydrogen (secondary N) is 1. The topological polar surface area (TPSA) is 64.2 Å². The Labute approximate surface area is 153 Å². The van der Waals surface area contributed by atoms with Crippen molar-refractivity contribution >= 4 is 11.6 Å². The molecule has 2 rings (SSSR count). The molecule has 0 aliphatic carbocycles. The molecule has 0 heterocycles. The lowest BCUT2D eigenvalue weighted by molar-refractivity contribution is -0.692. The molecule has 0 aromatic heterocycles. The molecule has 3 N–H and O–H groups in total. The molecule has 0 aliphatic rings. The second-order valence-electron chi connectivity index (χ2n) is 6.38. The second kappa shape index (κ2) is 9.20. The van der Waals surface area contributed by atoms with Gasteiger partial charge in [0, 0.05) is 17.5 Å². The summed E-state index contributed by atoms with van der Waals surface area (Å²) in [5.74, 6) is 1.08. The monoisotopic (exact) mass is 361 g/mol. The van der Waals surface area contributed by atoms with Gasteiger partial charge in [0.25, 0.3) is 5.91 Å². The Morgan fingerprint density at radius 2 is 1.81 bits per heavy atom. The van der Waals surface area contributed by atoms with Crippen molar-refractivity contribution in [3.05, 3.63) is 53.8 Å². The molecule has 1 atom stereocenters. The van der Waals surface area contributed by atoms with Gasteiger partial charge >= 0.3 is 0 Å². The van der Waals surface area contributed by atoms with Crippen molar-refractivity contribution in [3.8, 4) is 11.5 Å². The van der Waals surface area contributed by atoms with Gasteiger partial charge in [-0.1, -0.05) is 26.0 Å². The van der Waals surface area contributed by atoms with Gasteiger partial charge in [0.1, 0.15) is 23.4 Å². The molecule has 140 valence electrons. The summed E-state index contributed by atoms with van der Waals surface area (Å²) in [6, 6.07) is 11.7. The lowest BCUT2D eigenvalue weighted by atomic mass is 9.96. The van der Waals surface area contributed by atoms with Gasteiger partial charge in [-0.3, -0.25) is 4.79 Å². The molecule has 0 bridgehead atoms. The number of nitrogens with two attached hydrogens (primary N) is 1. The Hall–Kier alpha value is -2.60. The van der Waals surface area contributed by atoms with Crippen LogP contribution < -0.4 is 20.1 Å². The van der Waals surface area contributed by atoms with Crippen LogP contribution >= 0.6 is 0 Å². The maximum Gasteiger partial charge on any atom is 0.279 e. The number of rotatable bonds is 8. The summed E-state index contributed by atoms with van der Waals surface area (Å²) in [6.45, 7) is 4.39. The molecule has 0 radical (unpaired) electrons. The first-order chi connectivity index (χ1) is 12.4. The van der Waals surface area contributed by atoms with E-state index in [-0.39, 0.29) is 24.3 Å². The first-order valence-electron chi connectivity index (χ1n) is 8.55. The number of hydrogen-bond acceptors (Lipinski definition) is 3. The summed E-state index contributed by atoms with van der Waals surface area (Å²) in [5.41, 5.74) is 1.56. The Balaban J connectivity index is 2.03. The number of anilines is 1. The van der Waals surface area contributed by atoms with E-state index in [0.717, 1.165) is 5.56 Å². The standard InChI is InChI=1S/C20H25FN2O3/c1-13(2)20(14-5-7-15(21)8-6-14)22-12-19(24)23-17-11-16(25-3)9-10-18(17)26-4/h5-11,13,20,22H,12H2,1-4H3,(H,23,24)/p+1/t20-/m0/s1. The van der Waals surface area contributed by atoms with E-state index in [1.807, 2.05) is 5.32 Å². The van der Waals surface area contributed by atoms with Crippen molar-refractivity contribution in [2.45, 2.75) is 19.9 Å². The maximum atomic E-state index is 13.1. The van der Waals surface area contributed by atoms with E-state index >= 15 is 0 Å². The highest BCUT2D eigenvalue weighted by molar-refractivity contribution is 5.93. The molecule has 26 heavy (non-hydrogen) atoms. The van der Waals surface area contributed by atoms with Gasteiger partial charge in [-0.05, 0) is 24.3 Å². The molecule has 0 saturated heterocycles. The number of amides is 1. The van der Waals surface area contributed by atoms with Crippen LogP contribution in [0, 0.1) is 11.7 Å². The Kier molecular flexibility index (Phi) is 6.97. The first kappa shape index (κ1) is 19.7. The molecule has 6 heteroatoms. The summed E-state index contributed by atoms with van der Waals surface area (Å²) in [4.78, 5) is 12.4. The Morgan fingerprint density at radius 3 is 2.38 bits per heavy atom. The summed E-state index contributed by atoms with van der Waals surface area (Å²) in [6.07, 6.45) is 0. The van der Waals surface area contributed by atoms with Crippen LogP contribution in [0.4, 0.5) is 10.1 Å². The molecule has 1 amide bonds. The minimum absolute atomic E-state index is 0.0635. The lowest BCUT2D eigenvalue weighted by Crippen LogP contribution is -2.88. The van der Waals surface area contributed by atoms with Crippen molar-refractivity contribution in [2.24, 2.45) is 5.92 Å². The summed E-state index contributed by atoms with van der Waals surface area (Å²) in [5, 5.41) is 4.81. The average molecular weight is 361 g/mol. The van der Waals surface area contributed by atoms with E-state index in [2.05, 4.69) is 19.2 Å². The smallest absolute Gasteiger partial charge is 0.279 e. The number of quaternary nitrogens is 1. The SMILES string of the molecule is COc1ccc(OC)c(NC(=O)C[NH2+][C@H](c2ccc(F)cc2)C(C)C)c1. The molecule has 0 spiro atoms. The van der Waals surface area contributed by atoms with Gasteiger partial charge in [-0.25, -0.2) is 4.39 Å². The van der Waals surface area contributed by atoms with Gasteiger partial charge in [0.2, 0.25) is 0 Å². The van der Waals surface area contributed by atoms with Gasteiger partial charge in [0.15, 0.2) is 6.54 Å². The molecule has 2 aromatic carbocycles. The van der Waals surface area contributed by atoms with Crippen molar-refractivity contribution in [3.63, 3.8) is 0 Å². The highest BCUT2D eigenvalue weighted by atomic mass is 19.1. The summed E-state index contributed by atoms with van der Waals surface area (Å²) >= 11 is 0. The van der Waals surface area contributed by atoms with Crippen molar-refractivity contribution < 1.29 is 24.0 Å².